The molecule has 1 aliphatic heterocycles. The monoisotopic (exact) mass is 384 g/mol. The van der Waals surface area contributed by atoms with Crippen molar-refractivity contribution in [1.82, 2.24) is 15.2 Å². The predicted molar refractivity (Wildman–Crippen MR) is 110 cm³/mol. The third-order valence-corrected chi connectivity index (χ3v) is 5.09. The number of carbonyl (C=O) groups is 1. The largest absolute Gasteiger partial charge is 0.296 e. The average molecular weight is 385 g/mol. The molecule has 1 saturated heterocycles. The minimum atomic E-state index is -0.0789. The number of benzene rings is 2. The van der Waals surface area contributed by atoms with Gasteiger partial charge in [-0.3, -0.25) is 14.6 Å². The van der Waals surface area contributed by atoms with Crippen LogP contribution in [0.5, 0.6) is 0 Å². The van der Waals surface area contributed by atoms with E-state index in [4.69, 9.17) is 11.6 Å². The molecule has 0 spiro atoms. The first-order valence-corrected chi connectivity index (χ1v) is 9.56. The van der Waals surface area contributed by atoms with Gasteiger partial charge in [0, 0.05) is 37.7 Å². The van der Waals surface area contributed by atoms with E-state index in [9.17, 15) is 4.79 Å². The molecule has 1 heterocycles. The van der Waals surface area contributed by atoms with E-state index in [1.165, 1.54) is 0 Å². The van der Waals surface area contributed by atoms with Crippen molar-refractivity contribution in [3.8, 4) is 0 Å². The number of hydrogen-bond donors (Lipinski definition) is 1. The van der Waals surface area contributed by atoms with E-state index >= 15 is 0 Å². The third kappa shape index (κ3) is 5.89. The summed E-state index contributed by atoms with van der Waals surface area (Å²) in [6, 6.07) is 17.8. The number of rotatable bonds is 6. The SMILES string of the molecule is C/C(=N\NC(=O)CN1CCN(Cc2ccccc2Cl)CC1)c1ccccc1. The summed E-state index contributed by atoms with van der Waals surface area (Å²) in [5, 5.41) is 5.02. The smallest absolute Gasteiger partial charge is 0.254 e. The second-order valence-electron chi connectivity index (χ2n) is 6.74. The zero-order valence-electron chi connectivity index (χ0n) is 15.6. The summed E-state index contributed by atoms with van der Waals surface area (Å²) < 4.78 is 0. The fourth-order valence-corrected chi connectivity index (χ4v) is 3.30. The zero-order valence-corrected chi connectivity index (χ0v) is 16.3. The lowest BCUT2D eigenvalue weighted by Crippen LogP contribution is -2.48. The molecule has 0 aromatic heterocycles. The average Bonchev–Trinajstić information content (AvgIpc) is 2.70. The van der Waals surface area contributed by atoms with Gasteiger partial charge in [0.25, 0.3) is 5.91 Å². The van der Waals surface area contributed by atoms with Gasteiger partial charge < -0.3 is 0 Å². The molecule has 0 radical (unpaired) electrons. The summed E-state index contributed by atoms with van der Waals surface area (Å²) in [7, 11) is 0. The molecule has 0 aliphatic carbocycles. The van der Waals surface area contributed by atoms with Crippen LogP contribution >= 0.6 is 11.6 Å². The molecule has 0 atom stereocenters. The van der Waals surface area contributed by atoms with Gasteiger partial charge in [-0.1, -0.05) is 60.1 Å². The maximum atomic E-state index is 12.2. The van der Waals surface area contributed by atoms with Crippen LogP contribution in [0.25, 0.3) is 0 Å². The lowest BCUT2D eigenvalue weighted by atomic mass is 10.1. The molecule has 0 unspecified atom stereocenters. The number of hydrazone groups is 1. The van der Waals surface area contributed by atoms with Crippen molar-refractivity contribution in [3.05, 3.63) is 70.7 Å². The summed E-state index contributed by atoms with van der Waals surface area (Å²) in [6.07, 6.45) is 0. The van der Waals surface area contributed by atoms with Crippen LogP contribution in [-0.4, -0.2) is 54.1 Å². The highest BCUT2D eigenvalue weighted by Gasteiger charge is 2.19. The first-order valence-electron chi connectivity index (χ1n) is 9.18. The Morgan fingerprint density at radius 3 is 2.33 bits per heavy atom. The molecule has 1 fully saturated rings. The Labute approximate surface area is 165 Å². The van der Waals surface area contributed by atoms with Gasteiger partial charge in [0.1, 0.15) is 0 Å². The van der Waals surface area contributed by atoms with E-state index in [1.807, 2.05) is 55.5 Å². The van der Waals surface area contributed by atoms with Gasteiger partial charge in [0.2, 0.25) is 0 Å². The number of piperazine rings is 1. The van der Waals surface area contributed by atoms with E-state index in [-0.39, 0.29) is 5.91 Å². The number of amides is 1. The Morgan fingerprint density at radius 1 is 1.00 bits per heavy atom. The highest BCUT2D eigenvalue weighted by molar-refractivity contribution is 6.31. The predicted octanol–water partition coefficient (Wildman–Crippen LogP) is 3.00. The van der Waals surface area contributed by atoms with E-state index in [0.29, 0.717) is 6.54 Å². The normalized spacial score (nSPS) is 16.3. The van der Waals surface area contributed by atoms with Gasteiger partial charge in [0.05, 0.1) is 12.3 Å². The van der Waals surface area contributed by atoms with Crippen LogP contribution in [0, 0.1) is 0 Å². The number of nitrogens with zero attached hydrogens (tertiary/aromatic N) is 3. The molecular weight excluding hydrogens is 360 g/mol. The lowest BCUT2D eigenvalue weighted by molar-refractivity contribution is -0.122. The van der Waals surface area contributed by atoms with Crippen molar-refractivity contribution in [2.75, 3.05) is 32.7 Å². The first kappa shape index (κ1) is 19.5. The number of hydrogen-bond acceptors (Lipinski definition) is 4. The van der Waals surface area contributed by atoms with Gasteiger partial charge in [-0.25, -0.2) is 5.43 Å². The maximum absolute atomic E-state index is 12.2. The second kappa shape index (κ2) is 9.65. The molecule has 2 aromatic rings. The molecular formula is C21H25ClN4O. The highest BCUT2D eigenvalue weighted by Crippen LogP contribution is 2.17. The fourth-order valence-electron chi connectivity index (χ4n) is 3.10. The van der Waals surface area contributed by atoms with Crippen LogP contribution < -0.4 is 5.43 Å². The molecule has 0 bridgehead atoms. The molecule has 27 heavy (non-hydrogen) atoms. The van der Waals surface area contributed by atoms with Crippen molar-refractivity contribution in [2.45, 2.75) is 13.5 Å². The molecule has 6 heteroatoms. The third-order valence-electron chi connectivity index (χ3n) is 4.72. The Balaban J connectivity index is 1.42. The van der Waals surface area contributed by atoms with Gasteiger partial charge in [-0.15, -0.1) is 0 Å². The molecule has 5 nitrogen and oxygen atoms in total. The minimum Gasteiger partial charge on any atom is -0.296 e. The van der Waals surface area contributed by atoms with Crippen LogP contribution in [0.4, 0.5) is 0 Å². The molecule has 0 saturated carbocycles. The number of nitrogens with one attached hydrogen (secondary N) is 1. The minimum absolute atomic E-state index is 0.0789. The topological polar surface area (TPSA) is 47.9 Å². The van der Waals surface area contributed by atoms with Gasteiger partial charge in [-0.05, 0) is 24.1 Å². The Bertz CT molecular complexity index is 786. The highest BCUT2D eigenvalue weighted by atomic mass is 35.5. The van der Waals surface area contributed by atoms with E-state index in [2.05, 4.69) is 26.4 Å². The number of carbonyl (C=O) groups excluding carboxylic acids is 1. The van der Waals surface area contributed by atoms with Crippen LogP contribution in [0.3, 0.4) is 0 Å². The summed E-state index contributed by atoms with van der Waals surface area (Å²) in [5.74, 6) is -0.0789. The van der Waals surface area contributed by atoms with Crippen LogP contribution in [0.2, 0.25) is 5.02 Å². The Kier molecular flexibility index (Phi) is 6.98. The molecule has 1 aliphatic rings. The van der Waals surface area contributed by atoms with E-state index in [1.54, 1.807) is 0 Å². The molecule has 3 rings (SSSR count). The Hall–Kier alpha value is -2.21. The van der Waals surface area contributed by atoms with Crippen LogP contribution in [-0.2, 0) is 11.3 Å². The second-order valence-corrected chi connectivity index (χ2v) is 7.15. The molecule has 1 amide bonds. The summed E-state index contributed by atoms with van der Waals surface area (Å²) in [5.41, 5.74) is 5.62. The first-order chi connectivity index (χ1) is 13.1. The lowest BCUT2D eigenvalue weighted by Gasteiger charge is -2.34. The van der Waals surface area contributed by atoms with Crippen LogP contribution in [0.15, 0.2) is 59.7 Å². The van der Waals surface area contributed by atoms with Crippen molar-refractivity contribution in [3.63, 3.8) is 0 Å². The maximum Gasteiger partial charge on any atom is 0.254 e. The van der Waals surface area contributed by atoms with Gasteiger partial charge >= 0.3 is 0 Å². The van der Waals surface area contributed by atoms with Crippen LogP contribution in [0.1, 0.15) is 18.1 Å². The molecule has 1 N–H and O–H groups in total. The van der Waals surface area contributed by atoms with Gasteiger partial charge in [0.15, 0.2) is 0 Å². The molecule has 2 aromatic carbocycles. The van der Waals surface area contributed by atoms with Crippen molar-refractivity contribution in [2.24, 2.45) is 5.10 Å². The summed E-state index contributed by atoms with van der Waals surface area (Å²) in [4.78, 5) is 16.7. The van der Waals surface area contributed by atoms with Crippen molar-refractivity contribution in [1.29, 1.82) is 0 Å². The van der Waals surface area contributed by atoms with Gasteiger partial charge in [-0.2, -0.15) is 5.10 Å². The van der Waals surface area contributed by atoms with Crippen molar-refractivity contribution >= 4 is 23.2 Å². The Morgan fingerprint density at radius 2 is 1.63 bits per heavy atom. The van der Waals surface area contributed by atoms with Crippen molar-refractivity contribution < 1.29 is 4.79 Å². The standard InChI is InChI=1S/C21H25ClN4O/c1-17(18-7-3-2-4-8-18)23-24-21(27)16-26-13-11-25(12-14-26)15-19-9-5-6-10-20(19)22/h2-10H,11-16H2,1H3,(H,24,27)/b23-17+. The van der Waals surface area contributed by atoms with E-state index < -0.39 is 0 Å². The summed E-state index contributed by atoms with van der Waals surface area (Å²) >= 11 is 6.24. The number of halogens is 1. The molecule has 142 valence electrons. The fraction of sp³-hybridized carbons (Fsp3) is 0.333. The summed E-state index contributed by atoms with van der Waals surface area (Å²) in [6.45, 7) is 6.67. The quantitative estimate of drug-likeness (QED) is 0.615. The zero-order chi connectivity index (χ0) is 19.1. The van der Waals surface area contributed by atoms with E-state index in [0.717, 1.165) is 54.6 Å².